The molecule has 4 heteroatoms. The highest BCUT2D eigenvalue weighted by atomic mass is 16.3. The second kappa shape index (κ2) is 4.06. The summed E-state index contributed by atoms with van der Waals surface area (Å²) in [7, 11) is 0. The van der Waals surface area contributed by atoms with Crippen LogP contribution in [-0.4, -0.2) is 9.97 Å². The molecule has 0 atom stereocenters. The Morgan fingerprint density at radius 3 is 2.70 bits per heavy atom. The van der Waals surface area contributed by atoms with Crippen LogP contribution in [0.3, 0.4) is 0 Å². The van der Waals surface area contributed by atoms with E-state index in [1.54, 1.807) is 6.07 Å². The molecule has 0 saturated carbocycles. The first-order valence-corrected chi connectivity index (χ1v) is 6.29. The summed E-state index contributed by atoms with van der Waals surface area (Å²) in [6.45, 7) is 0. The lowest BCUT2D eigenvalue weighted by Crippen LogP contribution is -2.02. The number of benzene rings is 2. The van der Waals surface area contributed by atoms with Crippen molar-refractivity contribution in [2.45, 2.75) is 0 Å². The number of hydrogen-bond acceptors (Lipinski definition) is 3. The van der Waals surface area contributed by atoms with E-state index in [1.807, 2.05) is 42.5 Å². The van der Waals surface area contributed by atoms with Gasteiger partial charge in [-0.2, -0.15) is 0 Å². The van der Waals surface area contributed by atoms with Crippen molar-refractivity contribution in [2.75, 3.05) is 0 Å². The topological polar surface area (TPSA) is 58.9 Å². The molecule has 4 nitrogen and oxygen atoms in total. The van der Waals surface area contributed by atoms with E-state index in [9.17, 15) is 4.79 Å². The van der Waals surface area contributed by atoms with E-state index in [4.69, 9.17) is 4.42 Å². The molecule has 0 saturated heterocycles. The minimum absolute atomic E-state index is 0.0448. The van der Waals surface area contributed by atoms with Gasteiger partial charge in [-0.3, -0.25) is 4.79 Å². The van der Waals surface area contributed by atoms with Gasteiger partial charge in [-0.15, -0.1) is 0 Å². The van der Waals surface area contributed by atoms with Gasteiger partial charge < -0.3 is 9.40 Å². The maximum Gasteiger partial charge on any atom is 0.244 e. The fourth-order valence-corrected chi connectivity index (χ4v) is 2.30. The van der Waals surface area contributed by atoms with E-state index in [1.165, 1.54) is 6.07 Å². The Bertz CT molecular complexity index is 949. The molecule has 0 fully saturated rings. The van der Waals surface area contributed by atoms with Crippen LogP contribution in [-0.2, 0) is 0 Å². The van der Waals surface area contributed by atoms with Gasteiger partial charge in [-0.05, 0) is 24.3 Å². The van der Waals surface area contributed by atoms with E-state index in [-0.39, 0.29) is 5.43 Å². The monoisotopic (exact) mass is 262 g/mol. The van der Waals surface area contributed by atoms with Crippen molar-refractivity contribution in [3.05, 3.63) is 64.8 Å². The van der Waals surface area contributed by atoms with Gasteiger partial charge in [0.2, 0.25) is 5.89 Å². The lowest BCUT2D eigenvalue weighted by molar-refractivity contribution is 0.617. The zero-order chi connectivity index (χ0) is 13.5. The van der Waals surface area contributed by atoms with Crippen LogP contribution in [0.25, 0.3) is 33.6 Å². The summed E-state index contributed by atoms with van der Waals surface area (Å²) in [5.74, 6) is 0.425. The molecule has 0 spiro atoms. The number of hydrogen-bond donors (Lipinski definition) is 1. The van der Waals surface area contributed by atoms with E-state index in [2.05, 4.69) is 9.97 Å². The van der Waals surface area contributed by atoms with E-state index in [0.717, 1.165) is 11.0 Å². The van der Waals surface area contributed by atoms with E-state index >= 15 is 0 Å². The molecule has 0 amide bonds. The zero-order valence-corrected chi connectivity index (χ0v) is 10.5. The van der Waals surface area contributed by atoms with E-state index < -0.39 is 0 Å². The van der Waals surface area contributed by atoms with Gasteiger partial charge in [0.25, 0.3) is 0 Å². The molecule has 2 heterocycles. The average molecular weight is 262 g/mol. The van der Waals surface area contributed by atoms with Gasteiger partial charge in [-0.1, -0.05) is 24.3 Å². The number of rotatable bonds is 1. The van der Waals surface area contributed by atoms with Crippen LogP contribution in [0.5, 0.6) is 0 Å². The Balaban J connectivity index is 1.99. The number of fused-ring (bicyclic) bond motifs is 2. The van der Waals surface area contributed by atoms with Crippen molar-refractivity contribution >= 4 is 22.0 Å². The molecule has 0 radical (unpaired) electrons. The van der Waals surface area contributed by atoms with Crippen molar-refractivity contribution in [2.24, 2.45) is 0 Å². The number of pyridine rings is 1. The molecule has 2 aromatic carbocycles. The van der Waals surface area contributed by atoms with Gasteiger partial charge in [0.05, 0.1) is 0 Å². The van der Waals surface area contributed by atoms with Crippen LogP contribution in [0.15, 0.2) is 63.8 Å². The van der Waals surface area contributed by atoms with Crippen molar-refractivity contribution in [3.8, 4) is 11.6 Å². The van der Waals surface area contributed by atoms with Crippen LogP contribution >= 0.6 is 0 Å². The average Bonchev–Trinajstić information content (AvgIpc) is 2.91. The molecule has 4 aromatic rings. The number of H-pyrrole nitrogens is 1. The van der Waals surface area contributed by atoms with Gasteiger partial charge in [-0.25, -0.2) is 4.98 Å². The highest BCUT2D eigenvalue weighted by molar-refractivity contribution is 5.81. The fraction of sp³-hybridized carbons (Fsp3) is 0. The van der Waals surface area contributed by atoms with Gasteiger partial charge in [0, 0.05) is 17.0 Å². The normalized spacial score (nSPS) is 11.2. The molecular weight excluding hydrogens is 252 g/mol. The van der Waals surface area contributed by atoms with Crippen molar-refractivity contribution in [1.29, 1.82) is 0 Å². The Morgan fingerprint density at radius 1 is 1.00 bits per heavy atom. The highest BCUT2D eigenvalue weighted by Gasteiger charge is 2.10. The second-order valence-electron chi connectivity index (χ2n) is 4.58. The number of aromatic amines is 1. The van der Waals surface area contributed by atoms with Gasteiger partial charge >= 0.3 is 0 Å². The van der Waals surface area contributed by atoms with Crippen molar-refractivity contribution < 1.29 is 4.42 Å². The maximum absolute atomic E-state index is 12.1. The number of oxazole rings is 1. The Morgan fingerprint density at radius 2 is 1.80 bits per heavy atom. The number of nitrogens with one attached hydrogen (secondary N) is 1. The third-order valence-electron chi connectivity index (χ3n) is 3.26. The van der Waals surface area contributed by atoms with E-state index in [0.29, 0.717) is 22.6 Å². The lowest BCUT2D eigenvalue weighted by atomic mass is 10.2. The number of para-hydroxylation sites is 3. The Labute approximate surface area is 113 Å². The minimum Gasteiger partial charge on any atom is -0.435 e. The minimum atomic E-state index is -0.0448. The molecule has 96 valence electrons. The smallest absolute Gasteiger partial charge is 0.244 e. The van der Waals surface area contributed by atoms with Crippen LogP contribution in [0.2, 0.25) is 0 Å². The lowest BCUT2D eigenvalue weighted by Gasteiger charge is -2.00. The van der Waals surface area contributed by atoms with Crippen LogP contribution in [0.4, 0.5) is 0 Å². The first kappa shape index (κ1) is 11.0. The molecule has 1 N–H and O–H groups in total. The summed E-state index contributed by atoms with van der Waals surface area (Å²) >= 11 is 0. The molecule has 0 aliphatic carbocycles. The molecule has 2 aromatic heterocycles. The highest BCUT2D eigenvalue weighted by Crippen LogP contribution is 2.22. The standard InChI is InChI=1S/C16H10N2O2/c19-14-9-13(17-11-6-2-1-5-10(11)14)16-18-12-7-3-4-8-15(12)20-16/h1-9H,(H,17,19). The van der Waals surface area contributed by atoms with Crippen molar-refractivity contribution in [1.82, 2.24) is 9.97 Å². The molecule has 0 aliphatic rings. The first-order valence-electron chi connectivity index (χ1n) is 6.29. The first-order chi connectivity index (χ1) is 9.81. The predicted molar refractivity (Wildman–Crippen MR) is 77.6 cm³/mol. The molecule has 20 heavy (non-hydrogen) atoms. The fourth-order valence-electron chi connectivity index (χ4n) is 2.30. The molecule has 4 rings (SSSR count). The van der Waals surface area contributed by atoms with Crippen LogP contribution < -0.4 is 5.43 Å². The number of aromatic nitrogens is 2. The quantitative estimate of drug-likeness (QED) is 0.572. The third kappa shape index (κ3) is 1.62. The van der Waals surface area contributed by atoms with Crippen LogP contribution in [0, 0.1) is 0 Å². The molecule has 0 bridgehead atoms. The largest absolute Gasteiger partial charge is 0.435 e. The Hall–Kier alpha value is -2.88. The summed E-state index contributed by atoms with van der Waals surface area (Å²) in [6.07, 6.45) is 0. The summed E-state index contributed by atoms with van der Waals surface area (Å²) < 4.78 is 5.68. The summed E-state index contributed by atoms with van der Waals surface area (Å²) in [5, 5.41) is 0.660. The van der Waals surface area contributed by atoms with Gasteiger partial charge in [0.1, 0.15) is 11.2 Å². The van der Waals surface area contributed by atoms with Crippen molar-refractivity contribution in [3.63, 3.8) is 0 Å². The Kier molecular flexibility index (Phi) is 2.23. The maximum atomic E-state index is 12.1. The van der Waals surface area contributed by atoms with Gasteiger partial charge in [0.15, 0.2) is 11.0 Å². The SMILES string of the molecule is O=c1cc(-c2nc3ccccc3o2)[nH]c2ccccc12. The molecule has 0 unspecified atom stereocenters. The zero-order valence-electron chi connectivity index (χ0n) is 10.5. The molecule has 0 aliphatic heterocycles. The third-order valence-corrected chi connectivity index (χ3v) is 3.26. The molecular formula is C16H10N2O2. The summed E-state index contributed by atoms with van der Waals surface area (Å²) in [6, 6.07) is 16.4. The second-order valence-corrected chi connectivity index (χ2v) is 4.58. The van der Waals surface area contributed by atoms with Crippen LogP contribution in [0.1, 0.15) is 0 Å². The predicted octanol–water partition coefficient (Wildman–Crippen LogP) is 3.34. The number of nitrogens with zero attached hydrogens (tertiary/aromatic N) is 1. The summed E-state index contributed by atoms with van der Waals surface area (Å²) in [4.78, 5) is 19.7. The summed E-state index contributed by atoms with van der Waals surface area (Å²) in [5.41, 5.74) is 2.80.